The number of pyridine rings is 1. The summed E-state index contributed by atoms with van der Waals surface area (Å²) in [6.45, 7) is 8.73. The predicted molar refractivity (Wildman–Crippen MR) is 161 cm³/mol. The Balaban J connectivity index is 1.30. The molecule has 1 aliphatic rings. The molecule has 0 atom stereocenters. The molecule has 9 heteroatoms. The van der Waals surface area contributed by atoms with Crippen molar-refractivity contribution < 1.29 is 13.9 Å². The molecule has 1 saturated heterocycles. The molecule has 0 unspecified atom stereocenters. The van der Waals surface area contributed by atoms with Crippen LogP contribution in [0.1, 0.15) is 48.7 Å². The lowest BCUT2D eigenvalue weighted by molar-refractivity contribution is 0.102. The van der Waals surface area contributed by atoms with Gasteiger partial charge >= 0.3 is 0 Å². The standard InChI is InChI=1S/C32H33FN6O2/c1-22(17-23(19-34-2)21-39-15-7-3-4-8-16-39)24-11-13-28-26(18-24)31(38-37-28)32(40)36-25-12-14-30(35-20-25)41-29-10-6-5-9-27(29)33/h5-6,9-14,17-20H,2-4,7-8,15-16,21H2,1H3,(H,36,40)(H,37,38)/b22-17+,23-19+. The Morgan fingerprint density at radius 1 is 1.15 bits per heavy atom. The van der Waals surface area contributed by atoms with Crippen molar-refractivity contribution in [1.29, 1.82) is 0 Å². The van der Waals surface area contributed by atoms with Crippen molar-refractivity contribution in [2.24, 2.45) is 4.99 Å². The lowest BCUT2D eigenvalue weighted by Gasteiger charge is -2.20. The van der Waals surface area contributed by atoms with Crippen molar-refractivity contribution in [3.63, 3.8) is 0 Å². The maximum absolute atomic E-state index is 13.9. The summed E-state index contributed by atoms with van der Waals surface area (Å²) in [5, 5.41) is 10.7. The summed E-state index contributed by atoms with van der Waals surface area (Å²) in [4.78, 5) is 23.8. The molecule has 210 valence electrons. The molecular formula is C32H33FN6O2. The highest BCUT2D eigenvalue weighted by Crippen LogP contribution is 2.26. The van der Waals surface area contributed by atoms with Crippen LogP contribution in [0.2, 0.25) is 0 Å². The largest absolute Gasteiger partial charge is 0.436 e. The smallest absolute Gasteiger partial charge is 0.276 e. The minimum absolute atomic E-state index is 0.0743. The lowest BCUT2D eigenvalue weighted by Crippen LogP contribution is -2.26. The number of carbonyl (C=O) groups is 1. The van der Waals surface area contributed by atoms with Crippen molar-refractivity contribution in [2.75, 3.05) is 25.0 Å². The van der Waals surface area contributed by atoms with E-state index in [9.17, 15) is 9.18 Å². The van der Waals surface area contributed by atoms with E-state index in [1.165, 1.54) is 44.0 Å². The highest BCUT2D eigenvalue weighted by molar-refractivity contribution is 6.11. The number of rotatable bonds is 9. The van der Waals surface area contributed by atoms with Crippen LogP contribution in [0.25, 0.3) is 16.5 Å². The minimum Gasteiger partial charge on any atom is -0.436 e. The molecule has 0 bridgehead atoms. The van der Waals surface area contributed by atoms with Gasteiger partial charge in [-0.25, -0.2) is 9.37 Å². The molecular weight excluding hydrogens is 519 g/mol. The van der Waals surface area contributed by atoms with Gasteiger partial charge in [-0.1, -0.05) is 37.1 Å². The summed E-state index contributed by atoms with van der Waals surface area (Å²) in [6, 6.07) is 15.2. The number of H-pyrrole nitrogens is 1. The number of halogens is 1. The van der Waals surface area contributed by atoms with Gasteiger partial charge in [-0.15, -0.1) is 0 Å². The number of likely N-dealkylation sites (tertiary alicyclic amines) is 1. The van der Waals surface area contributed by atoms with Gasteiger partial charge < -0.3 is 10.1 Å². The Labute approximate surface area is 238 Å². The molecule has 2 aromatic carbocycles. The number of fused-ring (bicyclic) bond motifs is 1. The van der Waals surface area contributed by atoms with E-state index >= 15 is 0 Å². The van der Waals surface area contributed by atoms with Crippen LogP contribution in [0.4, 0.5) is 10.1 Å². The third-order valence-corrected chi connectivity index (χ3v) is 7.04. The van der Waals surface area contributed by atoms with E-state index in [1.807, 2.05) is 24.4 Å². The number of aromatic nitrogens is 3. The van der Waals surface area contributed by atoms with Gasteiger partial charge in [0.2, 0.25) is 5.88 Å². The van der Waals surface area contributed by atoms with Gasteiger partial charge in [0.05, 0.1) is 17.4 Å². The van der Waals surface area contributed by atoms with E-state index in [-0.39, 0.29) is 23.2 Å². The van der Waals surface area contributed by atoms with Gasteiger partial charge in [-0.05, 0) is 86.6 Å². The number of aromatic amines is 1. The minimum atomic E-state index is -0.483. The summed E-state index contributed by atoms with van der Waals surface area (Å²) < 4.78 is 19.3. The third-order valence-electron chi connectivity index (χ3n) is 7.04. The second-order valence-electron chi connectivity index (χ2n) is 10.1. The molecule has 41 heavy (non-hydrogen) atoms. The van der Waals surface area contributed by atoms with E-state index in [4.69, 9.17) is 4.74 Å². The zero-order valence-electron chi connectivity index (χ0n) is 23.1. The molecule has 2 N–H and O–H groups in total. The van der Waals surface area contributed by atoms with Crippen molar-refractivity contribution in [3.05, 3.63) is 95.7 Å². The Morgan fingerprint density at radius 2 is 1.95 bits per heavy atom. The molecule has 1 fully saturated rings. The number of hydrogen-bond donors (Lipinski definition) is 2. The molecule has 0 radical (unpaired) electrons. The molecule has 8 nitrogen and oxygen atoms in total. The summed E-state index contributed by atoms with van der Waals surface area (Å²) in [5.74, 6) is -0.577. The van der Waals surface area contributed by atoms with E-state index in [0.29, 0.717) is 11.1 Å². The number of nitrogens with one attached hydrogen (secondary N) is 2. The first kappa shape index (κ1) is 27.9. The number of para-hydroxylation sites is 1. The Kier molecular flexibility index (Phi) is 8.95. The number of ether oxygens (including phenoxy) is 1. The molecule has 0 aliphatic carbocycles. The summed E-state index contributed by atoms with van der Waals surface area (Å²) in [7, 11) is 0. The summed E-state index contributed by atoms with van der Waals surface area (Å²) in [5.41, 5.74) is 4.62. The van der Waals surface area contributed by atoms with Gasteiger partial charge in [0, 0.05) is 24.2 Å². The monoisotopic (exact) mass is 552 g/mol. The van der Waals surface area contributed by atoms with Crippen LogP contribution in [-0.2, 0) is 0 Å². The van der Waals surface area contributed by atoms with E-state index in [0.717, 1.165) is 41.9 Å². The van der Waals surface area contributed by atoms with E-state index in [1.54, 1.807) is 24.3 Å². The van der Waals surface area contributed by atoms with Crippen LogP contribution in [0.3, 0.4) is 0 Å². The predicted octanol–water partition coefficient (Wildman–Crippen LogP) is 7.01. The van der Waals surface area contributed by atoms with Gasteiger partial charge in [-0.2, -0.15) is 5.10 Å². The highest BCUT2D eigenvalue weighted by atomic mass is 19.1. The van der Waals surface area contributed by atoms with Crippen LogP contribution >= 0.6 is 0 Å². The maximum atomic E-state index is 13.9. The zero-order chi connectivity index (χ0) is 28.6. The number of anilines is 1. The number of hydrogen-bond acceptors (Lipinski definition) is 6. The molecule has 0 saturated carbocycles. The first-order valence-electron chi connectivity index (χ1n) is 13.7. The summed E-state index contributed by atoms with van der Waals surface area (Å²) in [6.07, 6.45) is 10.4. The van der Waals surface area contributed by atoms with Crippen molar-refractivity contribution in [2.45, 2.75) is 32.6 Å². The van der Waals surface area contributed by atoms with E-state index in [2.05, 4.69) is 50.1 Å². The fraction of sp³-hybridized carbons (Fsp3) is 0.250. The lowest BCUT2D eigenvalue weighted by atomic mass is 10.0. The topological polar surface area (TPSA) is 95.5 Å². The van der Waals surface area contributed by atoms with Gasteiger partial charge in [-0.3, -0.25) is 19.8 Å². The maximum Gasteiger partial charge on any atom is 0.276 e. The highest BCUT2D eigenvalue weighted by Gasteiger charge is 2.16. The van der Waals surface area contributed by atoms with Crippen LogP contribution in [-0.4, -0.2) is 52.3 Å². The fourth-order valence-corrected chi connectivity index (χ4v) is 4.93. The van der Waals surface area contributed by atoms with Crippen LogP contribution in [0.5, 0.6) is 11.6 Å². The zero-order valence-corrected chi connectivity index (χ0v) is 23.1. The average Bonchev–Trinajstić information content (AvgIpc) is 3.23. The first-order chi connectivity index (χ1) is 20.0. The normalized spacial score (nSPS) is 15.0. The quantitative estimate of drug-likeness (QED) is 0.172. The summed E-state index contributed by atoms with van der Waals surface area (Å²) >= 11 is 0. The average molecular weight is 553 g/mol. The van der Waals surface area contributed by atoms with Crippen LogP contribution < -0.4 is 10.1 Å². The Morgan fingerprint density at radius 3 is 2.68 bits per heavy atom. The molecule has 4 aromatic rings. The van der Waals surface area contributed by atoms with Gasteiger partial charge in [0.15, 0.2) is 17.3 Å². The first-order valence-corrected chi connectivity index (χ1v) is 13.7. The molecule has 1 aliphatic heterocycles. The molecule has 0 spiro atoms. The second kappa shape index (κ2) is 13.1. The van der Waals surface area contributed by atoms with Gasteiger partial charge in [0.25, 0.3) is 5.91 Å². The van der Waals surface area contributed by atoms with E-state index < -0.39 is 5.82 Å². The van der Waals surface area contributed by atoms with Crippen molar-refractivity contribution >= 4 is 34.8 Å². The van der Waals surface area contributed by atoms with Gasteiger partial charge in [0.1, 0.15) is 0 Å². The number of benzene rings is 2. The second-order valence-corrected chi connectivity index (χ2v) is 10.1. The molecule has 2 aromatic heterocycles. The number of allylic oxidation sites excluding steroid dienone is 1. The SMILES string of the molecule is C=N/C=C(\C=C(/C)c1ccc2[nH]nc(C(=O)Nc3ccc(Oc4ccccc4F)nc3)c2c1)CN1CCCCCC1. The third kappa shape index (κ3) is 7.12. The molecule has 1 amide bonds. The van der Waals surface area contributed by atoms with Crippen LogP contribution in [0, 0.1) is 5.82 Å². The number of nitrogens with zero attached hydrogens (tertiary/aromatic N) is 4. The fourth-order valence-electron chi connectivity index (χ4n) is 4.93. The molecule has 3 heterocycles. The van der Waals surface area contributed by atoms with Crippen LogP contribution in [0.15, 0.2) is 83.6 Å². The Hall–Kier alpha value is -4.63. The Bertz CT molecular complexity index is 1580. The van der Waals surface area contributed by atoms with Crippen molar-refractivity contribution in [1.82, 2.24) is 20.1 Å². The number of carbonyl (C=O) groups excluding carboxylic acids is 1. The number of amides is 1. The number of aliphatic imine (C=N–C) groups is 1. The van der Waals surface area contributed by atoms with Crippen molar-refractivity contribution in [3.8, 4) is 11.6 Å². The molecule has 5 rings (SSSR count).